The molecule has 0 saturated heterocycles. The molecular weight excluding hydrogens is 498 g/mol. The van der Waals surface area contributed by atoms with Crippen molar-refractivity contribution in [1.82, 2.24) is 20.4 Å². The van der Waals surface area contributed by atoms with E-state index in [0.717, 1.165) is 28.0 Å². The molecule has 3 aromatic rings. The van der Waals surface area contributed by atoms with E-state index in [2.05, 4.69) is 20.8 Å². The molecule has 3 amide bonds. The van der Waals surface area contributed by atoms with Crippen LogP contribution in [0.15, 0.2) is 54.6 Å². The average molecular weight is 526 g/mol. The van der Waals surface area contributed by atoms with Gasteiger partial charge in [0.05, 0.1) is 6.54 Å². The second kappa shape index (κ2) is 11.4. The van der Waals surface area contributed by atoms with E-state index in [1.54, 1.807) is 0 Å². The lowest BCUT2D eigenvalue weighted by atomic mass is 9.93. The summed E-state index contributed by atoms with van der Waals surface area (Å²) in [6.07, 6.45) is -0.273. The molecule has 11 heteroatoms. The molecule has 188 valence electrons. The number of H-pyrrole nitrogens is 1. The Morgan fingerprint density at radius 1 is 1.14 bits per heavy atom. The molecule has 36 heavy (non-hydrogen) atoms. The number of carbonyl (C=O) groups excluding carboxylic acids is 3. The van der Waals surface area contributed by atoms with Gasteiger partial charge in [-0.3, -0.25) is 24.9 Å². The van der Waals surface area contributed by atoms with Crippen molar-refractivity contribution in [2.24, 2.45) is 5.92 Å². The summed E-state index contributed by atoms with van der Waals surface area (Å²) in [5.74, 6) is -1.05. The Hall–Kier alpha value is -3.57. The predicted molar refractivity (Wildman–Crippen MR) is 139 cm³/mol. The third-order valence-electron chi connectivity index (χ3n) is 5.91. The van der Waals surface area contributed by atoms with Crippen molar-refractivity contribution in [2.45, 2.75) is 45.5 Å². The van der Waals surface area contributed by atoms with Gasteiger partial charge in [-0.2, -0.15) is 0 Å². The highest BCUT2D eigenvalue weighted by atomic mass is 32.1. The van der Waals surface area contributed by atoms with Crippen LogP contribution in [-0.4, -0.2) is 45.1 Å². The zero-order chi connectivity index (χ0) is 25.7. The monoisotopic (exact) mass is 525 g/mol. The largest absolute Gasteiger partial charge is 0.445 e. The molecule has 2 heterocycles. The van der Waals surface area contributed by atoms with Crippen LogP contribution in [0, 0.1) is 9.87 Å². The highest BCUT2D eigenvalue weighted by Crippen LogP contribution is 2.25. The normalized spacial score (nSPS) is 15.6. The summed E-state index contributed by atoms with van der Waals surface area (Å²) in [7, 11) is 0. The molecule has 1 aromatic heterocycles. The molecule has 3 N–H and O–H groups in total. The standard InChI is InChI=1S/C25H27N5O4S2/c1-15(2)20(22(32)27-23-28-29-24(35)36-23)26-21(31)19-12-17-10-6-7-11-18(17)13-30(19)25(33)34-14-16-8-4-3-5-9-16/h3-11,15,19-20H,12-14H2,1-2H3,(H,26,31)(H,29,35)(H,27,28,32)/t19-,20+/m1/s1. The van der Waals surface area contributed by atoms with Crippen molar-refractivity contribution in [3.05, 3.63) is 75.2 Å². The number of rotatable bonds is 7. The SMILES string of the molecule is CC(C)[C@H](NC(=O)[C@H]1Cc2ccccc2CN1C(=O)OCc1ccccc1)C(=O)Nc1n[nH]c(=S)s1. The molecule has 0 bridgehead atoms. The van der Waals surface area contributed by atoms with Crippen LogP contribution in [0.5, 0.6) is 0 Å². The minimum Gasteiger partial charge on any atom is -0.445 e. The zero-order valence-electron chi connectivity index (χ0n) is 19.9. The van der Waals surface area contributed by atoms with Gasteiger partial charge in [-0.15, -0.1) is 5.10 Å². The van der Waals surface area contributed by atoms with E-state index in [9.17, 15) is 14.4 Å². The van der Waals surface area contributed by atoms with Gasteiger partial charge in [0.15, 0.2) is 3.95 Å². The van der Waals surface area contributed by atoms with Crippen LogP contribution in [0.4, 0.5) is 9.93 Å². The maximum atomic E-state index is 13.5. The summed E-state index contributed by atoms with van der Waals surface area (Å²) < 4.78 is 5.98. The third-order valence-corrected chi connectivity index (χ3v) is 6.91. The Bertz CT molecular complexity index is 1290. The number of hydrogen-bond donors (Lipinski definition) is 3. The van der Waals surface area contributed by atoms with E-state index in [1.165, 1.54) is 4.90 Å². The number of benzene rings is 2. The van der Waals surface area contributed by atoms with Gasteiger partial charge in [-0.05, 0) is 34.8 Å². The van der Waals surface area contributed by atoms with Gasteiger partial charge in [0, 0.05) is 6.42 Å². The number of nitrogens with zero attached hydrogens (tertiary/aromatic N) is 2. The second-order valence-electron chi connectivity index (χ2n) is 8.79. The Morgan fingerprint density at radius 3 is 2.50 bits per heavy atom. The van der Waals surface area contributed by atoms with E-state index >= 15 is 0 Å². The molecule has 4 rings (SSSR count). The minimum atomic E-state index is -0.839. The van der Waals surface area contributed by atoms with Crippen molar-refractivity contribution < 1.29 is 19.1 Å². The molecule has 2 atom stereocenters. The summed E-state index contributed by atoms with van der Waals surface area (Å²) in [6, 6.07) is 15.4. The Kier molecular flexibility index (Phi) is 8.11. The van der Waals surface area contributed by atoms with Gasteiger partial charge >= 0.3 is 6.09 Å². The van der Waals surface area contributed by atoms with E-state index in [0.29, 0.717) is 15.5 Å². The molecule has 1 aliphatic heterocycles. The van der Waals surface area contributed by atoms with Gasteiger partial charge in [0.1, 0.15) is 18.7 Å². The first-order chi connectivity index (χ1) is 17.3. The van der Waals surface area contributed by atoms with Crippen molar-refractivity contribution in [3.63, 3.8) is 0 Å². The van der Waals surface area contributed by atoms with E-state index in [4.69, 9.17) is 17.0 Å². The summed E-state index contributed by atoms with van der Waals surface area (Å²) in [6.45, 7) is 3.99. The van der Waals surface area contributed by atoms with Gasteiger partial charge < -0.3 is 10.1 Å². The fraction of sp³-hybridized carbons (Fsp3) is 0.320. The van der Waals surface area contributed by atoms with Crippen LogP contribution < -0.4 is 10.6 Å². The maximum absolute atomic E-state index is 13.5. The Labute approximate surface area is 217 Å². The predicted octanol–water partition coefficient (Wildman–Crippen LogP) is 4.04. The molecule has 0 saturated carbocycles. The topological polar surface area (TPSA) is 116 Å². The summed E-state index contributed by atoms with van der Waals surface area (Å²) >= 11 is 6.14. The first-order valence-electron chi connectivity index (χ1n) is 11.5. The lowest BCUT2D eigenvalue weighted by Crippen LogP contribution is -2.57. The minimum absolute atomic E-state index is 0.0961. The summed E-state index contributed by atoms with van der Waals surface area (Å²) in [5.41, 5.74) is 2.78. The molecule has 0 radical (unpaired) electrons. The maximum Gasteiger partial charge on any atom is 0.411 e. The number of hydrogen-bond acceptors (Lipinski definition) is 7. The smallest absolute Gasteiger partial charge is 0.411 e. The van der Waals surface area contributed by atoms with E-state index in [1.807, 2.05) is 68.4 Å². The second-order valence-corrected chi connectivity index (χ2v) is 10.5. The quantitative estimate of drug-likeness (QED) is 0.401. The number of carbonyl (C=O) groups is 3. The molecule has 0 spiro atoms. The lowest BCUT2D eigenvalue weighted by Gasteiger charge is -2.36. The van der Waals surface area contributed by atoms with Crippen molar-refractivity contribution in [3.8, 4) is 0 Å². The number of aromatic nitrogens is 2. The Balaban J connectivity index is 1.51. The van der Waals surface area contributed by atoms with Crippen LogP contribution in [0.3, 0.4) is 0 Å². The van der Waals surface area contributed by atoms with Crippen LogP contribution in [0.25, 0.3) is 0 Å². The lowest BCUT2D eigenvalue weighted by molar-refractivity contribution is -0.131. The van der Waals surface area contributed by atoms with Gasteiger partial charge in [0.2, 0.25) is 16.9 Å². The van der Waals surface area contributed by atoms with Crippen LogP contribution in [0.1, 0.15) is 30.5 Å². The van der Waals surface area contributed by atoms with E-state index in [-0.39, 0.29) is 19.1 Å². The van der Waals surface area contributed by atoms with Crippen molar-refractivity contribution in [1.29, 1.82) is 0 Å². The number of ether oxygens (including phenoxy) is 1. The number of amides is 3. The first-order valence-corrected chi connectivity index (χ1v) is 12.7. The molecule has 9 nitrogen and oxygen atoms in total. The van der Waals surface area contributed by atoms with Crippen molar-refractivity contribution >= 4 is 46.6 Å². The number of nitrogens with one attached hydrogen (secondary N) is 3. The molecule has 0 aliphatic carbocycles. The third kappa shape index (κ3) is 6.16. The van der Waals surface area contributed by atoms with Crippen LogP contribution in [0.2, 0.25) is 0 Å². The fourth-order valence-corrected chi connectivity index (χ4v) is 4.79. The highest BCUT2D eigenvalue weighted by molar-refractivity contribution is 7.73. The number of aromatic amines is 1. The summed E-state index contributed by atoms with van der Waals surface area (Å²) in [4.78, 5) is 41.0. The van der Waals surface area contributed by atoms with Gasteiger partial charge in [-0.1, -0.05) is 79.8 Å². The van der Waals surface area contributed by atoms with Gasteiger partial charge in [-0.25, -0.2) is 4.79 Å². The van der Waals surface area contributed by atoms with Crippen molar-refractivity contribution in [2.75, 3.05) is 5.32 Å². The Morgan fingerprint density at radius 2 is 1.83 bits per heavy atom. The highest BCUT2D eigenvalue weighted by Gasteiger charge is 2.37. The first kappa shape index (κ1) is 25.5. The van der Waals surface area contributed by atoms with Gasteiger partial charge in [0.25, 0.3) is 0 Å². The molecular formula is C25H27N5O4S2. The number of anilines is 1. The van der Waals surface area contributed by atoms with E-state index < -0.39 is 30.0 Å². The molecule has 0 unspecified atom stereocenters. The zero-order valence-corrected chi connectivity index (χ0v) is 21.5. The van der Waals surface area contributed by atoms with Crippen LogP contribution in [-0.2, 0) is 33.9 Å². The molecule has 2 aromatic carbocycles. The summed E-state index contributed by atoms with van der Waals surface area (Å²) in [5, 5.41) is 12.4. The fourth-order valence-electron chi connectivity index (χ4n) is 4.00. The van der Waals surface area contributed by atoms with Crippen LogP contribution >= 0.6 is 23.6 Å². The number of fused-ring (bicyclic) bond motifs is 1. The molecule has 1 aliphatic rings. The molecule has 0 fully saturated rings. The average Bonchev–Trinajstić information content (AvgIpc) is 3.29.